The van der Waals surface area contributed by atoms with Gasteiger partial charge in [-0.25, -0.2) is 0 Å². The lowest BCUT2D eigenvalue weighted by molar-refractivity contribution is 0.0929. The molecule has 1 atom stereocenters. The number of methoxy groups -OCH3 is 2. The zero-order valence-corrected chi connectivity index (χ0v) is 12.6. The van der Waals surface area contributed by atoms with Crippen LogP contribution in [0, 0.1) is 5.92 Å². The lowest BCUT2D eigenvalue weighted by Crippen LogP contribution is -2.14. The maximum Gasteiger partial charge on any atom is 0.165 e. The normalized spacial score (nSPS) is 11.8. The zero-order chi connectivity index (χ0) is 15.2. The van der Waals surface area contributed by atoms with E-state index in [1.54, 1.807) is 14.2 Å². The average molecular weight is 284 g/mol. The molecule has 1 unspecified atom stereocenters. The van der Waals surface area contributed by atoms with Crippen molar-refractivity contribution in [3.8, 4) is 11.5 Å². The van der Waals surface area contributed by atoms with Crippen molar-refractivity contribution in [1.82, 2.24) is 0 Å². The van der Waals surface area contributed by atoms with Crippen LogP contribution in [0.4, 0.5) is 0 Å². The maximum atomic E-state index is 12.4. The van der Waals surface area contributed by atoms with Gasteiger partial charge in [-0.2, -0.15) is 0 Å². The zero-order valence-electron chi connectivity index (χ0n) is 12.6. The molecule has 0 radical (unpaired) electrons. The third kappa shape index (κ3) is 3.63. The van der Waals surface area contributed by atoms with Gasteiger partial charge in [-0.3, -0.25) is 4.79 Å². The fraction of sp³-hybridized carbons (Fsp3) is 0.278. The van der Waals surface area contributed by atoms with Crippen LogP contribution in [0.15, 0.2) is 48.5 Å². The van der Waals surface area contributed by atoms with Crippen molar-refractivity contribution < 1.29 is 14.3 Å². The van der Waals surface area contributed by atoms with E-state index in [9.17, 15) is 4.79 Å². The summed E-state index contributed by atoms with van der Waals surface area (Å²) >= 11 is 0. The summed E-state index contributed by atoms with van der Waals surface area (Å²) in [5, 5.41) is 0. The topological polar surface area (TPSA) is 35.5 Å². The molecule has 110 valence electrons. The minimum Gasteiger partial charge on any atom is -0.493 e. The van der Waals surface area contributed by atoms with Crippen molar-refractivity contribution in [2.24, 2.45) is 5.92 Å². The quantitative estimate of drug-likeness (QED) is 0.758. The van der Waals surface area contributed by atoms with Crippen LogP contribution in [0.25, 0.3) is 0 Å². The number of ketones is 1. The van der Waals surface area contributed by atoms with Gasteiger partial charge in [0.2, 0.25) is 0 Å². The SMILES string of the molecule is COc1ccc(CC(C)C(=O)c2ccccc2)cc1OC. The number of hydrogen-bond acceptors (Lipinski definition) is 3. The summed E-state index contributed by atoms with van der Waals surface area (Å²) in [5.41, 5.74) is 1.81. The second kappa shape index (κ2) is 6.93. The minimum absolute atomic E-state index is 0.0782. The van der Waals surface area contributed by atoms with Gasteiger partial charge in [0.25, 0.3) is 0 Å². The van der Waals surface area contributed by atoms with Gasteiger partial charge in [0.1, 0.15) is 0 Å². The maximum absolute atomic E-state index is 12.4. The Bertz CT molecular complexity index is 605. The van der Waals surface area contributed by atoms with E-state index in [1.807, 2.05) is 55.5 Å². The Labute approximate surface area is 125 Å². The van der Waals surface area contributed by atoms with Crippen molar-refractivity contribution in [2.75, 3.05) is 14.2 Å². The highest BCUT2D eigenvalue weighted by atomic mass is 16.5. The third-order valence-electron chi connectivity index (χ3n) is 3.50. The van der Waals surface area contributed by atoms with Crippen LogP contribution in [0.1, 0.15) is 22.8 Å². The third-order valence-corrected chi connectivity index (χ3v) is 3.50. The van der Waals surface area contributed by atoms with E-state index in [0.717, 1.165) is 11.1 Å². The summed E-state index contributed by atoms with van der Waals surface area (Å²) in [6.45, 7) is 1.95. The van der Waals surface area contributed by atoms with Gasteiger partial charge in [-0.05, 0) is 24.1 Å². The Hall–Kier alpha value is -2.29. The second-order valence-corrected chi connectivity index (χ2v) is 5.02. The molecule has 0 heterocycles. The predicted octanol–water partition coefficient (Wildman–Crippen LogP) is 3.77. The van der Waals surface area contributed by atoms with Gasteiger partial charge in [0, 0.05) is 11.5 Å². The van der Waals surface area contributed by atoms with Crippen molar-refractivity contribution in [3.63, 3.8) is 0 Å². The molecule has 2 aromatic rings. The molecule has 21 heavy (non-hydrogen) atoms. The molecule has 0 aliphatic heterocycles. The van der Waals surface area contributed by atoms with Crippen molar-refractivity contribution in [2.45, 2.75) is 13.3 Å². The molecular formula is C18H20O3. The Kier molecular flexibility index (Phi) is 4.99. The predicted molar refractivity (Wildman–Crippen MR) is 83.2 cm³/mol. The van der Waals surface area contributed by atoms with Crippen LogP contribution in [0.5, 0.6) is 11.5 Å². The van der Waals surface area contributed by atoms with Crippen LogP contribution in [-0.4, -0.2) is 20.0 Å². The van der Waals surface area contributed by atoms with Crippen molar-refractivity contribution in [3.05, 3.63) is 59.7 Å². The molecule has 0 saturated heterocycles. The highest BCUT2D eigenvalue weighted by molar-refractivity contribution is 5.97. The highest BCUT2D eigenvalue weighted by Crippen LogP contribution is 2.28. The van der Waals surface area contributed by atoms with Crippen LogP contribution in [0.3, 0.4) is 0 Å². The van der Waals surface area contributed by atoms with E-state index in [2.05, 4.69) is 0 Å². The molecule has 0 aliphatic carbocycles. The lowest BCUT2D eigenvalue weighted by Gasteiger charge is -2.13. The molecule has 0 fully saturated rings. The number of Topliss-reactive ketones (excluding diaryl/α,β-unsaturated/α-hetero) is 1. The first-order chi connectivity index (χ1) is 10.2. The standard InChI is InChI=1S/C18H20O3/c1-13(18(19)15-7-5-4-6-8-15)11-14-9-10-16(20-2)17(12-14)21-3/h4-10,12-13H,11H2,1-3H3. The first-order valence-corrected chi connectivity index (χ1v) is 6.96. The number of hydrogen-bond donors (Lipinski definition) is 0. The Morgan fingerprint density at radius 2 is 1.67 bits per heavy atom. The molecular weight excluding hydrogens is 264 g/mol. The molecule has 2 aromatic carbocycles. The average Bonchev–Trinajstić information content (AvgIpc) is 2.54. The molecule has 0 aromatic heterocycles. The van der Waals surface area contributed by atoms with E-state index in [0.29, 0.717) is 17.9 Å². The fourth-order valence-corrected chi connectivity index (χ4v) is 2.34. The van der Waals surface area contributed by atoms with E-state index >= 15 is 0 Å². The number of carbonyl (C=O) groups excluding carboxylic acids is 1. The van der Waals surface area contributed by atoms with Crippen LogP contribution in [0.2, 0.25) is 0 Å². The summed E-state index contributed by atoms with van der Waals surface area (Å²) in [4.78, 5) is 12.4. The van der Waals surface area contributed by atoms with E-state index in [4.69, 9.17) is 9.47 Å². The molecule has 3 nitrogen and oxygen atoms in total. The van der Waals surface area contributed by atoms with Crippen LogP contribution < -0.4 is 9.47 Å². The summed E-state index contributed by atoms with van der Waals surface area (Å²) < 4.78 is 10.5. The van der Waals surface area contributed by atoms with E-state index in [-0.39, 0.29) is 11.7 Å². The lowest BCUT2D eigenvalue weighted by atomic mass is 9.93. The van der Waals surface area contributed by atoms with E-state index in [1.165, 1.54) is 0 Å². The van der Waals surface area contributed by atoms with Gasteiger partial charge in [0.15, 0.2) is 17.3 Å². The summed E-state index contributed by atoms with van der Waals surface area (Å²) in [7, 11) is 3.22. The summed E-state index contributed by atoms with van der Waals surface area (Å²) in [6.07, 6.45) is 0.675. The second-order valence-electron chi connectivity index (χ2n) is 5.02. The molecule has 3 heteroatoms. The first kappa shape index (κ1) is 15.1. The Morgan fingerprint density at radius 1 is 1.00 bits per heavy atom. The van der Waals surface area contributed by atoms with E-state index < -0.39 is 0 Å². The Morgan fingerprint density at radius 3 is 2.29 bits per heavy atom. The number of rotatable bonds is 6. The molecule has 0 N–H and O–H groups in total. The van der Waals surface area contributed by atoms with Gasteiger partial charge in [-0.15, -0.1) is 0 Å². The smallest absolute Gasteiger partial charge is 0.165 e. The number of ether oxygens (including phenoxy) is 2. The first-order valence-electron chi connectivity index (χ1n) is 6.96. The number of carbonyl (C=O) groups is 1. The molecule has 0 saturated carbocycles. The fourth-order valence-electron chi connectivity index (χ4n) is 2.34. The van der Waals surface area contributed by atoms with Crippen molar-refractivity contribution in [1.29, 1.82) is 0 Å². The molecule has 2 rings (SSSR count). The summed E-state index contributed by atoms with van der Waals surface area (Å²) in [6, 6.07) is 15.2. The minimum atomic E-state index is -0.0782. The molecule has 0 spiro atoms. The van der Waals surface area contributed by atoms with Crippen LogP contribution >= 0.6 is 0 Å². The van der Waals surface area contributed by atoms with Gasteiger partial charge in [0.05, 0.1) is 14.2 Å². The van der Waals surface area contributed by atoms with Gasteiger partial charge >= 0.3 is 0 Å². The summed E-state index contributed by atoms with van der Waals surface area (Å²) in [5.74, 6) is 1.47. The van der Waals surface area contributed by atoms with Gasteiger partial charge < -0.3 is 9.47 Å². The Balaban J connectivity index is 2.12. The molecule has 0 amide bonds. The number of benzene rings is 2. The van der Waals surface area contributed by atoms with Crippen molar-refractivity contribution >= 4 is 5.78 Å². The monoisotopic (exact) mass is 284 g/mol. The highest BCUT2D eigenvalue weighted by Gasteiger charge is 2.16. The molecule has 0 bridgehead atoms. The van der Waals surface area contributed by atoms with Crippen LogP contribution in [-0.2, 0) is 6.42 Å². The van der Waals surface area contributed by atoms with Gasteiger partial charge in [-0.1, -0.05) is 43.3 Å². The largest absolute Gasteiger partial charge is 0.493 e. The molecule has 0 aliphatic rings.